The van der Waals surface area contributed by atoms with Crippen LogP contribution in [0.2, 0.25) is 5.02 Å². The number of nitrogens with one attached hydrogen (secondary N) is 1. The summed E-state index contributed by atoms with van der Waals surface area (Å²) in [5.41, 5.74) is 1.86. The van der Waals surface area contributed by atoms with E-state index in [0.29, 0.717) is 21.3 Å². The first-order valence-corrected chi connectivity index (χ1v) is 7.62. The van der Waals surface area contributed by atoms with E-state index in [0.717, 1.165) is 5.56 Å². The van der Waals surface area contributed by atoms with Crippen LogP contribution in [0.25, 0.3) is 0 Å². The summed E-state index contributed by atoms with van der Waals surface area (Å²) in [7, 11) is 0. The van der Waals surface area contributed by atoms with Crippen LogP contribution in [0.5, 0.6) is 0 Å². The predicted octanol–water partition coefficient (Wildman–Crippen LogP) is 3.33. The summed E-state index contributed by atoms with van der Waals surface area (Å²) in [5.74, 6) is -1.52. The number of thiocarbonyl (C=S) groups is 1. The second-order valence-corrected chi connectivity index (χ2v) is 5.76. The van der Waals surface area contributed by atoms with Crippen molar-refractivity contribution in [1.29, 1.82) is 5.26 Å². The van der Waals surface area contributed by atoms with Crippen molar-refractivity contribution in [3.8, 4) is 6.07 Å². The molecule has 4 nitrogen and oxygen atoms in total. The van der Waals surface area contributed by atoms with Crippen molar-refractivity contribution in [2.75, 3.05) is 6.61 Å². The van der Waals surface area contributed by atoms with Gasteiger partial charge in [-0.3, -0.25) is 0 Å². The average molecular weight is 335 g/mol. The number of hydrogen-bond donors (Lipinski definition) is 1. The van der Waals surface area contributed by atoms with E-state index in [1.807, 2.05) is 0 Å². The Labute approximate surface area is 139 Å². The van der Waals surface area contributed by atoms with Crippen molar-refractivity contribution < 1.29 is 9.53 Å². The van der Waals surface area contributed by atoms with Crippen LogP contribution in [0.1, 0.15) is 25.3 Å². The minimum atomic E-state index is -0.626. The van der Waals surface area contributed by atoms with Crippen molar-refractivity contribution in [3.05, 3.63) is 46.1 Å². The molecule has 1 N–H and O–H groups in total. The standard InChI is InChI=1S/C16H15ClN2O2S/c1-3-21-16(20)13-9(2)19-15(22)12(8-18)14(13)10-4-6-11(17)7-5-10/h4-7,12,14H,3H2,1-2H3,(H,19,22)/t12-,14-/m0/s1. The summed E-state index contributed by atoms with van der Waals surface area (Å²) in [6, 6.07) is 9.25. The van der Waals surface area contributed by atoms with E-state index in [1.165, 1.54) is 0 Å². The maximum absolute atomic E-state index is 12.3. The molecule has 0 saturated heterocycles. The Bertz CT molecular complexity index is 676. The first kappa shape index (κ1) is 16.5. The Morgan fingerprint density at radius 1 is 1.45 bits per heavy atom. The number of benzene rings is 1. The van der Waals surface area contributed by atoms with Crippen LogP contribution in [0, 0.1) is 17.2 Å². The lowest BCUT2D eigenvalue weighted by molar-refractivity contribution is -0.139. The summed E-state index contributed by atoms with van der Waals surface area (Å²) >= 11 is 11.2. The number of allylic oxidation sites excluding steroid dienone is 1. The number of nitrogens with zero attached hydrogens (tertiary/aromatic N) is 1. The Hall–Kier alpha value is -1.90. The molecule has 1 aromatic carbocycles. The second kappa shape index (κ2) is 6.91. The summed E-state index contributed by atoms with van der Waals surface area (Å²) < 4.78 is 5.14. The number of hydrogen-bond acceptors (Lipinski definition) is 4. The molecule has 2 atom stereocenters. The Morgan fingerprint density at radius 2 is 2.09 bits per heavy atom. The van der Waals surface area contributed by atoms with Crippen molar-refractivity contribution in [2.24, 2.45) is 5.92 Å². The molecular weight excluding hydrogens is 320 g/mol. The fourth-order valence-electron chi connectivity index (χ4n) is 2.53. The highest BCUT2D eigenvalue weighted by Crippen LogP contribution is 2.38. The van der Waals surface area contributed by atoms with Crippen molar-refractivity contribution >= 4 is 34.8 Å². The molecule has 0 spiro atoms. The summed E-state index contributed by atoms with van der Waals surface area (Å²) in [5, 5.41) is 13.0. The zero-order valence-corrected chi connectivity index (χ0v) is 13.8. The van der Waals surface area contributed by atoms with Gasteiger partial charge < -0.3 is 10.1 Å². The summed E-state index contributed by atoms with van der Waals surface area (Å²) in [6.45, 7) is 3.77. The van der Waals surface area contributed by atoms with E-state index in [-0.39, 0.29) is 6.61 Å². The molecule has 6 heteroatoms. The molecule has 0 aromatic heterocycles. The van der Waals surface area contributed by atoms with E-state index in [4.69, 9.17) is 28.6 Å². The monoisotopic (exact) mass is 334 g/mol. The molecule has 1 aliphatic heterocycles. The van der Waals surface area contributed by atoms with Gasteiger partial charge in [-0.15, -0.1) is 0 Å². The van der Waals surface area contributed by atoms with E-state index in [1.54, 1.807) is 38.1 Å². The third-order valence-corrected chi connectivity index (χ3v) is 4.11. The van der Waals surface area contributed by atoms with Gasteiger partial charge in [0.05, 0.1) is 23.2 Å². The van der Waals surface area contributed by atoms with Gasteiger partial charge in [0.2, 0.25) is 0 Å². The lowest BCUT2D eigenvalue weighted by Gasteiger charge is -2.31. The highest BCUT2D eigenvalue weighted by molar-refractivity contribution is 7.80. The van der Waals surface area contributed by atoms with Crippen LogP contribution in [-0.4, -0.2) is 17.6 Å². The van der Waals surface area contributed by atoms with Gasteiger partial charge in [-0.2, -0.15) is 5.26 Å². The maximum Gasteiger partial charge on any atom is 0.336 e. The molecule has 1 aliphatic rings. The molecular formula is C16H15ClN2O2S. The number of rotatable bonds is 3. The first-order chi connectivity index (χ1) is 10.5. The van der Waals surface area contributed by atoms with Crippen LogP contribution in [0.4, 0.5) is 0 Å². The van der Waals surface area contributed by atoms with Gasteiger partial charge in [0.1, 0.15) is 5.92 Å². The van der Waals surface area contributed by atoms with Crippen molar-refractivity contribution in [2.45, 2.75) is 19.8 Å². The highest BCUT2D eigenvalue weighted by atomic mass is 35.5. The minimum absolute atomic E-state index is 0.268. The van der Waals surface area contributed by atoms with Crippen LogP contribution < -0.4 is 5.32 Å². The molecule has 1 aromatic rings. The van der Waals surface area contributed by atoms with Crippen LogP contribution >= 0.6 is 23.8 Å². The fraction of sp³-hybridized carbons (Fsp3) is 0.312. The molecule has 22 heavy (non-hydrogen) atoms. The predicted molar refractivity (Wildman–Crippen MR) is 88.4 cm³/mol. The Morgan fingerprint density at radius 3 is 2.64 bits per heavy atom. The molecule has 0 amide bonds. The van der Waals surface area contributed by atoms with Crippen molar-refractivity contribution in [3.63, 3.8) is 0 Å². The zero-order valence-electron chi connectivity index (χ0n) is 12.2. The molecule has 0 radical (unpaired) electrons. The van der Waals surface area contributed by atoms with Gasteiger partial charge >= 0.3 is 5.97 Å². The lowest BCUT2D eigenvalue weighted by Crippen LogP contribution is -2.40. The van der Waals surface area contributed by atoms with Crippen LogP contribution in [0.3, 0.4) is 0 Å². The Kier molecular flexibility index (Phi) is 5.17. The number of carbonyl (C=O) groups excluding carboxylic acids is 1. The zero-order chi connectivity index (χ0) is 16.3. The van der Waals surface area contributed by atoms with Crippen molar-refractivity contribution in [1.82, 2.24) is 5.32 Å². The van der Waals surface area contributed by atoms with Gasteiger partial charge in [-0.25, -0.2) is 4.79 Å². The summed E-state index contributed by atoms with van der Waals surface area (Å²) in [4.78, 5) is 12.7. The normalized spacial score (nSPS) is 21.1. The van der Waals surface area contributed by atoms with Crippen LogP contribution in [-0.2, 0) is 9.53 Å². The van der Waals surface area contributed by atoms with E-state index in [2.05, 4.69) is 11.4 Å². The topological polar surface area (TPSA) is 62.1 Å². The largest absolute Gasteiger partial charge is 0.463 e. The molecule has 0 fully saturated rings. The number of nitriles is 1. The Balaban J connectivity index is 2.57. The van der Waals surface area contributed by atoms with Crippen LogP contribution in [0.15, 0.2) is 35.5 Å². The smallest absolute Gasteiger partial charge is 0.336 e. The average Bonchev–Trinajstić information content (AvgIpc) is 2.47. The van der Waals surface area contributed by atoms with E-state index >= 15 is 0 Å². The van der Waals surface area contributed by atoms with Gasteiger partial charge in [-0.1, -0.05) is 36.0 Å². The third kappa shape index (κ3) is 3.13. The van der Waals surface area contributed by atoms with E-state index < -0.39 is 17.8 Å². The molecule has 114 valence electrons. The SMILES string of the molecule is CCOC(=O)C1=C(C)NC(=S)[C@@H](C#N)[C@@H]1c1ccc(Cl)cc1. The van der Waals surface area contributed by atoms with E-state index in [9.17, 15) is 10.1 Å². The second-order valence-electron chi connectivity index (χ2n) is 4.88. The highest BCUT2D eigenvalue weighted by Gasteiger charge is 2.39. The quantitative estimate of drug-likeness (QED) is 0.678. The number of esters is 1. The van der Waals surface area contributed by atoms with Gasteiger partial charge in [-0.05, 0) is 31.5 Å². The molecule has 0 bridgehead atoms. The minimum Gasteiger partial charge on any atom is -0.463 e. The van der Waals surface area contributed by atoms with Gasteiger partial charge in [0.15, 0.2) is 0 Å². The molecule has 1 heterocycles. The third-order valence-electron chi connectivity index (χ3n) is 3.51. The fourth-order valence-corrected chi connectivity index (χ4v) is 3.00. The number of ether oxygens (including phenoxy) is 1. The molecule has 0 aliphatic carbocycles. The van der Waals surface area contributed by atoms with Gasteiger partial charge in [0.25, 0.3) is 0 Å². The maximum atomic E-state index is 12.3. The molecule has 0 saturated carbocycles. The number of halogens is 1. The summed E-state index contributed by atoms with van der Waals surface area (Å²) in [6.07, 6.45) is 0. The first-order valence-electron chi connectivity index (χ1n) is 6.83. The van der Waals surface area contributed by atoms with Gasteiger partial charge in [0, 0.05) is 16.6 Å². The molecule has 0 unspecified atom stereocenters. The lowest BCUT2D eigenvalue weighted by atomic mass is 9.78. The number of carbonyl (C=O) groups is 1. The molecule has 2 rings (SSSR count).